The van der Waals surface area contributed by atoms with Gasteiger partial charge in [0, 0.05) is 17.8 Å². The van der Waals surface area contributed by atoms with Crippen molar-refractivity contribution in [3.05, 3.63) is 71.9 Å². The van der Waals surface area contributed by atoms with Crippen LogP contribution in [0.2, 0.25) is 0 Å². The second-order valence-electron chi connectivity index (χ2n) is 7.27. The van der Waals surface area contributed by atoms with Gasteiger partial charge in [-0.3, -0.25) is 4.79 Å². The molecule has 6 heteroatoms. The summed E-state index contributed by atoms with van der Waals surface area (Å²) in [6, 6.07) is 17.1. The molecular formula is C22H22N2O4. The lowest BCUT2D eigenvalue weighted by Gasteiger charge is -2.39. The predicted molar refractivity (Wildman–Crippen MR) is 105 cm³/mol. The Kier molecular flexibility index (Phi) is 5.02. The van der Waals surface area contributed by atoms with E-state index in [2.05, 4.69) is 10.3 Å². The minimum atomic E-state index is -0.829. The standard InChI is InChI=1S/C22H22N2O4/c25-21(26)20(16-6-7-19-15(10-16)8-9-23-19)17-11-18(12-17)24-22(27)28-13-14-4-2-1-3-5-14/h1-10,17-18,20,23H,11-13H2,(H,24,27)(H,25,26)/t17-,18-,20?. The molecule has 1 heterocycles. The number of carbonyl (C=O) groups excluding carboxylic acids is 1. The van der Waals surface area contributed by atoms with Gasteiger partial charge in [0.05, 0.1) is 5.92 Å². The van der Waals surface area contributed by atoms with Crippen LogP contribution in [0.25, 0.3) is 10.9 Å². The normalized spacial score (nSPS) is 19.6. The van der Waals surface area contributed by atoms with Crippen molar-refractivity contribution >= 4 is 23.0 Å². The molecule has 3 N–H and O–H groups in total. The number of benzene rings is 2. The number of alkyl carbamates (subject to hydrolysis) is 1. The van der Waals surface area contributed by atoms with E-state index in [4.69, 9.17) is 4.74 Å². The topological polar surface area (TPSA) is 91.4 Å². The fourth-order valence-electron chi connectivity index (χ4n) is 3.86. The summed E-state index contributed by atoms with van der Waals surface area (Å²) in [5.41, 5.74) is 2.71. The molecule has 1 aliphatic carbocycles. The van der Waals surface area contributed by atoms with Gasteiger partial charge in [0.25, 0.3) is 0 Å². The number of hydrogen-bond donors (Lipinski definition) is 3. The van der Waals surface area contributed by atoms with Crippen LogP contribution >= 0.6 is 0 Å². The van der Waals surface area contributed by atoms with E-state index in [0.717, 1.165) is 22.0 Å². The Hall–Kier alpha value is -3.28. The molecule has 2 aromatic carbocycles. The molecule has 28 heavy (non-hydrogen) atoms. The van der Waals surface area contributed by atoms with E-state index in [-0.39, 0.29) is 18.6 Å². The third-order valence-corrected chi connectivity index (χ3v) is 5.38. The molecule has 0 radical (unpaired) electrons. The molecule has 0 bridgehead atoms. The zero-order valence-electron chi connectivity index (χ0n) is 15.3. The van der Waals surface area contributed by atoms with E-state index >= 15 is 0 Å². The first-order valence-corrected chi connectivity index (χ1v) is 9.37. The Morgan fingerprint density at radius 1 is 1.14 bits per heavy atom. The summed E-state index contributed by atoms with van der Waals surface area (Å²) in [6.07, 6.45) is 2.63. The zero-order chi connectivity index (χ0) is 19.5. The van der Waals surface area contributed by atoms with E-state index in [9.17, 15) is 14.7 Å². The molecule has 0 spiro atoms. The second kappa shape index (κ2) is 7.76. The summed E-state index contributed by atoms with van der Waals surface area (Å²) >= 11 is 0. The molecule has 144 valence electrons. The van der Waals surface area contributed by atoms with Gasteiger partial charge >= 0.3 is 12.1 Å². The molecule has 3 aromatic rings. The smallest absolute Gasteiger partial charge is 0.407 e. The maximum atomic E-state index is 12.0. The highest BCUT2D eigenvalue weighted by Gasteiger charge is 2.40. The molecular weight excluding hydrogens is 356 g/mol. The van der Waals surface area contributed by atoms with Crippen LogP contribution in [0.1, 0.15) is 29.9 Å². The molecule has 1 aliphatic rings. The monoisotopic (exact) mass is 378 g/mol. The van der Waals surface area contributed by atoms with E-state index in [1.807, 2.05) is 60.8 Å². The van der Waals surface area contributed by atoms with Gasteiger partial charge in [-0.15, -0.1) is 0 Å². The molecule has 1 fully saturated rings. The highest BCUT2D eigenvalue weighted by Crippen LogP contribution is 2.40. The van der Waals surface area contributed by atoms with Gasteiger partial charge in [0.1, 0.15) is 6.61 Å². The number of aromatic amines is 1. The fourth-order valence-corrected chi connectivity index (χ4v) is 3.86. The minimum Gasteiger partial charge on any atom is -0.481 e. The number of carboxylic acid groups (broad SMARTS) is 1. The second-order valence-corrected chi connectivity index (χ2v) is 7.27. The molecule has 0 saturated heterocycles. The van der Waals surface area contributed by atoms with Crippen molar-refractivity contribution in [3.63, 3.8) is 0 Å². The number of H-pyrrole nitrogens is 1. The van der Waals surface area contributed by atoms with Gasteiger partial charge in [-0.25, -0.2) is 4.79 Å². The molecule has 1 amide bonds. The number of aliphatic carboxylic acids is 1. The number of aromatic nitrogens is 1. The number of rotatable bonds is 6. The van der Waals surface area contributed by atoms with Gasteiger partial charge in [-0.2, -0.15) is 0 Å². The van der Waals surface area contributed by atoms with Crippen molar-refractivity contribution in [1.29, 1.82) is 0 Å². The van der Waals surface area contributed by atoms with Crippen molar-refractivity contribution < 1.29 is 19.4 Å². The van der Waals surface area contributed by atoms with E-state index in [1.54, 1.807) is 0 Å². The Balaban J connectivity index is 1.32. The third-order valence-electron chi connectivity index (χ3n) is 5.38. The number of ether oxygens (including phenoxy) is 1. The van der Waals surface area contributed by atoms with Crippen molar-refractivity contribution in [2.75, 3.05) is 0 Å². The van der Waals surface area contributed by atoms with E-state index < -0.39 is 18.0 Å². The Bertz CT molecular complexity index is 976. The number of fused-ring (bicyclic) bond motifs is 1. The van der Waals surface area contributed by atoms with Gasteiger partial charge in [0.15, 0.2) is 0 Å². The first-order chi connectivity index (χ1) is 13.6. The van der Waals surface area contributed by atoms with Gasteiger partial charge < -0.3 is 20.1 Å². The van der Waals surface area contributed by atoms with E-state index in [1.165, 1.54) is 0 Å². The summed E-state index contributed by atoms with van der Waals surface area (Å²) in [5.74, 6) is -1.41. The SMILES string of the molecule is O=C(N[C@H]1C[C@H](C(C(=O)O)c2ccc3[nH]ccc3c2)C1)OCc1ccccc1. The lowest BCUT2D eigenvalue weighted by molar-refractivity contribution is -0.141. The number of nitrogens with one attached hydrogen (secondary N) is 2. The van der Waals surface area contributed by atoms with Gasteiger partial charge in [-0.1, -0.05) is 36.4 Å². The first kappa shape index (κ1) is 18.1. The number of carbonyl (C=O) groups is 2. The Morgan fingerprint density at radius 2 is 1.93 bits per heavy atom. The maximum Gasteiger partial charge on any atom is 0.407 e. The number of hydrogen-bond acceptors (Lipinski definition) is 3. The summed E-state index contributed by atoms with van der Waals surface area (Å²) in [7, 11) is 0. The van der Waals surface area contributed by atoms with E-state index in [0.29, 0.717) is 12.8 Å². The summed E-state index contributed by atoms with van der Waals surface area (Å²) in [4.78, 5) is 27.0. The van der Waals surface area contributed by atoms with Crippen molar-refractivity contribution in [2.24, 2.45) is 5.92 Å². The Morgan fingerprint density at radius 3 is 2.68 bits per heavy atom. The lowest BCUT2D eigenvalue weighted by Crippen LogP contribution is -2.47. The van der Waals surface area contributed by atoms with Gasteiger partial charge in [0.2, 0.25) is 0 Å². The van der Waals surface area contributed by atoms with Crippen molar-refractivity contribution in [3.8, 4) is 0 Å². The summed E-state index contributed by atoms with van der Waals surface area (Å²) in [6.45, 7) is 0.219. The minimum absolute atomic E-state index is 0.00619. The van der Waals surface area contributed by atoms with Crippen LogP contribution in [0, 0.1) is 5.92 Å². The summed E-state index contributed by atoms with van der Waals surface area (Å²) in [5, 5.41) is 13.6. The largest absolute Gasteiger partial charge is 0.481 e. The highest BCUT2D eigenvalue weighted by molar-refractivity contribution is 5.83. The number of amides is 1. The number of carboxylic acids is 1. The molecule has 6 nitrogen and oxygen atoms in total. The van der Waals surface area contributed by atoms with Crippen LogP contribution in [0.15, 0.2) is 60.8 Å². The molecule has 0 aliphatic heterocycles. The zero-order valence-corrected chi connectivity index (χ0v) is 15.3. The van der Waals surface area contributed by atoms with Crippen LogP contribution in [-0.2, 0) is 16.1 Å². The lowest BCUT2D eigenvalue weighted by atomic mass is 9.70. The average Bonchev–Trinajstić information content (AvgIpc) is 3.13. The first-order valence-electron chi connectivity index (χ1n) is 9.37. The van der Waals surface area contributed by atoms with Crippen LogP contribution in [0.5, 0.6) is 0 Å². The van der Waals surface area contributed by atoms with Crippen molar-refractivity contribution in [1.82, 2.24) is 10.3 Å². The maximum absolute atomic E-state index is 12.0. The third kappa shape index (κ3) is 3.86. The molecule has 1 atom stereocenters. The van der Waals surface area contributed by atoms with Crippen LogP contribution in [0.4, 0.5) is 4.79 Å². The highest BCUT2D eigenvalue weighted by atomic mass is 16.5. The van der Waals surface area contributed by atoms with Crippen LogP contribution in [-0.4, -0.2) is 28.2 Å². The van der Waals surface area contributed by atoms with Crippen LogP contribution in [0.3, 0.4) is 0 Å². The average molecular weight is 378 g/mol. The summed E-state index contributed by atoms with van der Waals surface area (Å²) < 4.78 is 5.23. The van der Waals surface area contributed by atoms with Gasteiger partial charge in [-0.05, 0) is 53.5 Å². The molecule has 1 aromatic heterocycles. The fraction of sp³-hybridized carbons (Fsp3) is 0.273. The molecule has 1 unspecified atom stereocenters. The Labute approximate surface area is 162 Å². The molecule has 1 saturated carbocycles. The van der Waals surface area contributed by atoms with Crippen molar-refractivity contribution in [2.45, 2.75) is 31.4 Å². The predicted octanol–water partition coefficient (Wildman–Crippen LogP) is 4.04. The van der Waals surface area contributed by atoms with Crippen LogP contribution < -0.4 is 5.32 Å². The molecule has 4 rings (SSSR count). The quantitative estimate of drug-likeness (QED) is 0.604.